The van der Waals surface area contributed by atoms with Gasteiger partial charge in [-0.05, 0) is 55.8 Å². The highest BCUT2D eigenvalue weighted by Crippen LogP contribution is 2.53. The molecule has 2 aliphatic rings. The van der Waals surface area contributed by atoms with Crippen molar-refractivity contribution in [2.24, 2.45) is 23.7 Å². The SMILES string of the molecule is CCC1CC(CCCOCCOC)C2CCCC12. The van der Waals surface area contributed by atoms with Crippen LogP contribution in [0.4, 0.5) is 0 Å². The summed E-state index contributed by atoms with van der Waals surface area (Å²) in [6, 6.07) is 0. The molecule has 2 rings (SSSR count). The van der Waals surface area contributed by atoms with Crippen LogP contribution in [-0.2, 0) is 9.47 Å². The summed E-state index contributed by atoms with van der Waals surface area (Å²) in [5, 5.41) is 0. The second-order valence-corrected chi connectivity index (χ2v) is 6.17. The van der Waals surface area contributed by atoms with Crippen molar-refractivity contribution < 1.29 is 9.47 Å². The van der Waals surface area contributed by atoms with Crippen LogP contribution in [0.2, 0.25) is 0 Å². The Hall–Kier alpha value is -0.0800. The molecule has 0 saturated heterocycles. The van der Waals surface area contributed by atoms with Crippen LogP contribution >= 0.6 is 0 Å². The highest BCUT2D eigenvalue weighted by molar-refractivity contribution is 4.93. The van der Waals surface area contributed by atoms with Crippen molar-refractivity contribution in [3.05, 3.63) is 0 Å². The molecular weight excluding hydrogens is 224 g/mol. The molecule has 2 nitrogen and oxygen atoms in total. The smallest absolute Gasteiger partial charge is 0.0700 e. The highest BCUT2D eigenvalue weighted by atomic mass is 16.5. The number of fused-ring (bicyclic) bond motifs is 1. The molecule has 2 aliphatic carbocycles. The highest BCUT2D eigenvalue weighted by Gasteiger charge is 2.43. The van der Waals surface area contributed by atoms with Gasteiger partial charge in [0.05, 0.1) is 13.2 Å². The molecule has 0 aromatic carbocycles. The Morgan fingerprint density at radius 3 is 2.50 bits per heavy atom. The molecule has 2 saturated carbocycles. The first-order valence-electron chi connectivity index (χ1n) is 7.93. The molecule has 2 heteroatoms. The summed E-state index contributed by atoms with van der Waals surface area (Å²) >= 11 is 0. The van der Waals surface area contributed by atoms with Gasteiger partial charge in [0.2, 0.25) is 0 Å². The average molecular weight is 254 g/mol. The molecule has 18 heavy (non-hydrogen) atoms. The van der Waals surface area contributed by atoms with Gasteiger partial charge in [-0.25, -0.2) is 0 Å². The summed E-state index contributed by atoms with van der Waals surface area (Å²) in [4.78, 5) is 0. The molecule has 0 aliphatic heterocycles. The fourth-order valence-corrected chi connectivity index (χ4v) is 4.42. The molecule has 0 aromatic rings. The zero-order valence-corrected chi connectivity index (χ0v) is 12.2. The number of methoxy groups -OCH3 is 1. The standard InChI is InChI=1S/C16H30O2/c1-3-13-12-14(16-8-4-7-15(13)16)6-5-9-18-11-10-17-2/h13-16H,3-12H2,1-2H3. The van der Waals surface area contributed by atoms with E-state index in [1.54, 1.807) is 7.11 Å². The predicted octanol–water partition coefficient (Wildman–Crippen LogP) is 3.89. The van der Waals surface area contributed by atoms with Crippen molar-refractivity contribution >= 4 is 0 Å². The number of ether oxygens (including phenoxy) is 2. The molecular formula is C16H30O2. The fourth-order valence-electron chi connectivity index (χ4n) is 4.42. The molecule has 0 spiro atoms. The first-order chi connectivity index (χ1) is 8.86. The zero-order valence-electron chi connectivity index (χ0n) is 12.2. The summed E-state index contributed by atoms with van der Waals surface area (Å²) in [5.41, 5.74) is 0. The molecule has 0 amide bonds. The van der Waals surface area contributed by atoms with Gasteiger partial charge in [0.25, 0.3) is 0 Å². The third-order valence-electron chi connectivity index (χ3n) is 5.26. The maximum atomic E-state index is 5.57. The minimum absolute atomic E-state index is 0.728. The molecule has 0 N–H and O–H groups in total. The quantitative estimate of drug-likeness (QED) is 0.612. The minimum atomic E-state index is 0.728. The molecule has 0 aromatic heterocycles. The molecule has 106 valence electrons. The van der Waals surface area contributed by atoms with Crippen molar-refractivity contribution in [3.8, 4) is 0 Å². The fraction of sp³-hybridized carbons (Fsp3) is 1.00. The van der Waals surface area contributed by atoms with E-state index in [2.05, 4.69) is 6.92 Å². The first kappa shape index (κ1) is 14.3. The number of rotatable bonds is 8. The third kappa shape index (κ3) is 3.48. The van der Waals surface area contributed by atoms with E-state index >= 15 is 0 Å². The Labute approximate surface area is 112 Å². The van der Waals surface area contributed by atoms with Gasteiger partial charge in [-0.3, -0.25) is 0 Å². The van der Waals surface area contributed by atoms with E-state index in [-0.39, 0.29) is 0 Å². The second-order valence-electron chi connectivity index (χ2n) is 6.17. The van der Waals surface area contributed by atoms with Gasteiger partial charge in [-0.15, -0.1) is 0 Å². The van der Waals surface area contributed by atoms with Crippen molar-refractivity contribution in [2.75, 3.05) is 26.9 Å². The van der Waals surface area contributed by atoms with Gasteiger partial charge >= 0.3 is 0 Å². The summed E-state index contributed by atoms with van der Waals surface area (Å²) in [5.74, 6) is 4.19. The average Bonchev–Trinajstić information content (AvgIpc) is 2.96. The van der Waals surface area contributed by atoms with Crippen LogP contribution in [0.25, 0.3) is 0 Å². The predicted molar refractivity (Wildman–Crippen MR) is 74.6 cm³/mol. The van der Waals surface area contributed by atoms with Gasteiger partial charge in [0.15, 0.2) is 0 Å². The molecule has 0 heterocycles. The Balaban J connectivity index is 1.64. The third-order valence-corrected chi connectivity index (χ3v) is 5.26. The van der Waals surface area contributed by atoms with Gasteiger partial charge in [-0.2, -0.15) is 0 Å². The maximum absolute atomic E-state index is 5.57. The largest absolute Gasteiger partial charge is 0.382 e. The van der Waals surface area contributed by atoms with Crippen LogP contribution in [0.5, 0.6) is 0 Å². The second kappa shape index (κ2) is 7.49. The van der Waals surface area contributed by atoms with E-state index in [0.717, 1.165) is 43.5 Å². The van der Waals surface area contributed by atoms with Gasteiger partial charge < -0.3 is 9.47 Å². The molecule has 2 fully saturated rings. The van der Waals surface area contributed by atoms with Crippen LogP contribution in [-0.4, -0.2) is 26.9 Å². The van der Waals surface area contributed by atoms with Crippen LogP contribution in [0.3, 0.4) is 0 Å². The minimum Gasteiger partial charge on any atom is -0.382 e. The van der Waals surface area contributed by atoms with Gasteiger partial charge in [-0.1, -0.05) is 19.8 Å². The summed E-state index contributed by atoms with van der Waals surface area (Å²) < 4.78 is 10.6. The maximum Gasteiger partial charge on any atom is 0.0700 e. The molecule has 4 atom stereocenters. The van der Waals surface area contributed by atoms with E-state index < -0.39 is 0 Å². The normalized spacial score (nSPS) is 35.0. The lowest BCUT2D eigenvalue weighted by Crippen LogP contribution is -2.11. The molecule has 4 unspecified atom stereocenters. The van der Waals surface area contributed by atoms with Crippen LogP contribution < -0.4 is 0 Å². The van der Waals surface area contributed by atoms with Crippen molar-refractivity contribution in [1.82, 2.24) is 0 Å². The zero-order chi connectivity index (χ0) is 12.8. The van der Waals surface area contributed by atoms with Crippen molar-refractivity contribution in [2.45, 2.75) is 51.9 Å². The lowest BCUT2D eigenvalue weighted by molar-refractivity contribution is 0.0663. The Morgan fingerprint density at radius 1 is 1.00 bits per heavy atom. The summed E-state index contributed by atoms with van der Waals surface area (Å²) in [7, 11) is 1.73. The van der Waals surface area contributed by atoms with E-state index in [1.165, 1.54) is 44.9 Å². The van der Waals surface area contributed by atoms with E-state index in [4.69, 9.17) is 9.47 Å². The van der Waals surface area contributed by atoms with Crippen molar-refractivity contribution in [3.63, 3.8) is 0 Å². The first-order valence-corrected chi connectivity index (χ1v) is 7.93. The Kier molecular flexibility index (Phi) is 5.97. The van der Waals surface area contributed by atoms with Crippen LogP contribution in [0.15, 0.2) is 0 Å². The molecule has 0 radical (unpaired) electrons. The lowest BCUT2D eigenvalue weighted by Gasteiger charge is -2.18. The van der Waals surface area contributed by atoms with E-state index in [0.29, 0.717) is 0 Å². The van der Waals surface area contributed by atoms with E-state index in [1.807, 2.05) is 0 Å². The van der Waals surface area contributed by atoms with Gasteiger partial charge in [0.1, 0.15) is 0 Å². The lowest BCUT2D eigenvalue weighted by atomic mass is 9.88. The van der Waals surface area contributed by atoms with Crippen LogP contribution in [0, 0.1) is 23.7 Å². The van der Waals surface area contributed by atoms with Crippen molar-refractivity contribution in [1.29, 1.82) is 0 Å². The van der Waals surface area contributed by atoms with E-state index in [9.17, 15) is 0 Å². The Morgan fingerprint density at radius 2 is 1.78 bits per heavy atom. The number of hydrogen-bond acceptors (Lipinski definition) is 2. The molecule has 0 bridgehead atoms. The number of hydrogen-bond donors (Lipinski definition) is 0. The topological polar surface area (TPSA) is 18.5 Å². The monoisotopic (exact) mass is 254 g/mol. The summed E-state index contributed by atoms with van der Waals surface area (Å²) in [6.45, 7) is 4.79. The summed E-state index contributed by atoms with van der Waals surface area (Å²) in [6.07, 6.45) is 10.1. The Bertz CT molecular complexity index is 229. The van der Waals surface area contributed by atoms with Crippen LogP contribution in [0.1, 0.15) is 51.9 Å². The van der Waals surface area contributed by atoms with Gasteiger partial charge in [0, 0.05) is 13.7 Å².